The quantitative estimate of drug-likeness (QED) is 0.795. The Hall–Kier alpha value is -2.54. The molecule has 1 N–H and O–H groups in total. The normalized spacial score (nSPS) is 11.6. The van der Waals surface area contributed by atoms with Crippen LogP contribution in [0.5, 0.6) is 0 Å². The maximum Gasteiger partial charge on any atom is 0.264 e. The largest absolute Gasteiger partial charge is 0.377 e. The zero-order valence-corrected chi connectivity index (χ0v) is 13.9. The molecule has 2 aromatic carbocycles. The fraction of sp³-hybridized carbons (Fsp3) is 0.188. The van der Waals surface area contributed by atoms with E-state index < -0.39 is 10.0 Å². The van der Waals surface area contributed by atoms with Gasteiger partial charge in [0, 0.05) is 36.1 Å². The molecule has 0 bridgehead atoms. The summed E-state index contributed by atoms with van der Waals surface area (Å²) in [5.74, 6) is 0.130. The molecule has 0 atom stereocenters. The van der Waals surface area contributed by atoms with Gasteiger partial charge in [-0.3, -0.25) is 0 Å². The number of nitrogens with one attached hydrogen (secondary N) is 1. The molecule has 0 aliphatic rings. The van der Waals surface area contributed by atoms with E-state index >= 15 is 0 Å². The van der Waals surface area contributed by atoms with E-state index in [1.807, 2.05) is 37.2 Å². The first-order valence-electron chi connectivity index (χ1n) is 7.03. The Morgan fingerprint density at radius 3 is 2.43 bits per heavy atom. The molecule has 0 aliphatic heterocycles. The Kier molecular flexibility index (Phi) is 3.73. The maximum atomic E-state index is 12.7. The number of hydrogen-bond acceptors (Lipinski definition) is 5. The molecule has 0 fully saturated rings. The van der Waals surface area contributed by atoms with Crippen LogP contribution in [-0.2, 0) is 10.0 Å². The van der Waals surface area contributed by atoms with Crippen LogP contribution in [0.25, 0.3) is 10.8 Å². The molecule has 7 heteroatoms. The van der Waals surface area contributed by atoms with Gasteiger partial charge in [-0.05, 0) is 19.1 Å². The zero-order valence-electron chi connectivity index (χ0n) is 13.1. The van der Waals surface area contributed by atoms with Gasteiger partial charge in [-0.15, -0.1) is 0 Å². The number of nitrogens with zero attached hydrogens (tertiary/aromatic N) is 2. The van der Waals surface area contributed by atoms with Gasteiger partial charge >= 0.3 is 0 Å². The van der Waals surface area contributed by atoms with Crippen LogP contribution in [0.3, 0.4) is 0 Å². The highest BCUT2D eigenvalue weighted by Gasteiger charge is 2.21. The highest BCUT2D eigenvalue weighted by molar-refractivity contribution is 7.93. The third kappa shape index (κ3) is 2.75. The maximum absolute atomic E-state index is 12.7. The number of rotatable bonds is 4. The van der Waals surface area contributed by atoms with Crippen molar-refractivity contribution in [2.45, 2.75) is 11.8 Å². The van der Waals surface area contributed by atoms with E-state index in [0.717, 1.165) is 11.1 Å². The highest BCUT2D eigenvalue weighted by atomic mass is 32.2. The van der Waals surface area contributed by atoms with E-state index in [9.17, 15) is 8.42 Å². The topological polar surface area (TPSA) is 75.4 Å². The van der Waals surface area contributed by atoms with Gasteiger partial charge in [-0.1, -0.05) is 29.4 Å². The van der Waals surface area contributed by atoms with Gasteiger partial charge in [0.2, 0.25) is 5.88 Å². The van der Waals surface area contributed by atoms with Crippen LogP contribution in [0, 0.1) is 6.92 Å². The number of hydrogen-bond donors (Lipinski definition) is 1. The molecule has 1 aromatic heterocycles. The molecule has 1 heterocycles. The Balaban J connectivity index is 2.16. The molecule has 0 unspecified atom stereocenters. The first-order chi connectivity index (χ1) is 10.9. The molecule has 120 valence electrons. The average molecular weight is 331 g/mol. The summed E-state index contributed by atoms with van der Waals surface area (Å²) in [6.07, 6.45) is 1.46. The molecular formula is C16H17N3O3S. The van der Waals surface area contributed by atoms with Gasteiger partial charge in [0.15, 0.2) is 0 Å². The van der Waals surface area contributed by atoms with E-state index in [-0.39, 0.29) is 10.8 Å². The van der Waals surface area contributed by atoms with Gasteiger partial charge in [0.25, 0.3) is 10.0 Å². The van der Waals surface area contributed by atoms with Crippen molar-refractivity contribution in [2.75, 3.05) is 23.7 Å². The molecule has 23 heavy (non-hydrogen) atoms. The lowest BCUT2D eigenvalue weighted by Gasteiger charge is -2.17. The number of aromatic nitrogens is 1. The number of anilines is 2. The molecule has 0 saturated heterocycles. The lowest BCUT2D eigenvalue weighted by molar-refractivity contribution is 0.435. The summed E-state index contributed by atoms with van der Waals surface area (Å²) in [5, 5.41) is 5.12. The molecule has 3 rings (SSSR count). The third-order valence-electron chi connectivity index (χ3n) is 3.61. The standard InChI is InChI=1S/C16H17N3O3S/c1-11-10-17-22-16(11)18-23(20,21)15-9-5-6-12-13(15)7-4-8-14(12)19(2)3/h4-10,18H,1-3H3. The summed E-state index contributed by atoms with van der Waals surface area (Å²) in [6, 6.07) is 10.8. The molecule has 0 amide bonds. The van der Waals surface area contributed by atoms with Crippen molar-refractivity contribution in [1.82, 2.24) is 5.16 Å². The molecular weight excluding hydrogens is 314 g/mol. The number of benzene rings is 2. The molecule has 0 aliphatic carbocycles. The van der Waals surface area contributed by atoms with Gasteiger partial charge in [0.1, 0.15) is 0 Å². The van der Waals surface area contributed by atoms with Crippen LogP contribution >= 0.6 is 0 Å². The van der Waals surface area contributed by atoms with Gasteiger partial charge in [-0.2, -0.15) is 0 Å². The van der Waals surface area contributed by atoms with E-state index in [2.05, 4.69) is 9.88 Å². The number of aryl methyl sites for hydroxylation is 1. The van der Waals surface area contributed by atoms with Gasteiger partial charge in [-0.25, -0.2) is 13.1 Å². The average Bonchev–Trinajstić information content (AvgIpc) is 2.90. The van der Waals surface area contributed by atoms with Crippen LogP contribution in [-0.4, -0.2) is 27.7 Å². The van der Waals surface area contributed by atoms with Crippen molar-refractivity contribution in [3.05, 3.63) is 48.2 Å². The Bertz CT molecular complexity index is 962. The predicted octanol–water partition coefficient (Wildman–Crippen LogP) is 3.00. The van der Waals surface area contributed by atoms with Crippen molar-refractivity contribution in [1.29, 1.82) is 0 Å². The third-order valence-corrected chi connectivity index (χ3v) is 5.00. The van der Waals surface area contributed by atoms with E-state index in [4.69, 9.17) is 4.52 Å². The van der Waals surface area contributed by atoms with Crippen molar-refractivity contribution in [3.63, 3.8) is 0 Å². The van der Waals surface area contributed by atoms with Crippen molar-refractivity contribution in [3.8, 4) is 0 Å². The van der Waals surface area contributed by atoms with Crippen molar-refractivity contribution < 1.29 is 12.9 Å². The van der Waals surface area contributed by atoms with Gasteiger partial charge < -0.3 is 9.42 Å². The highest BCUT2D eigenvalue weighted by Crippen LogP contribution is 2.31. The van der Waals surface area contributed by atoms with Crippen LogP contribution in [0.4, 0.5) is 11.6 Å². The van der Waals surface area contributed by atoms with Gasteiger partial charge in [0.05, 0.1) is 11.1 Å². The second-order valence-electron chi connectivity index (χ2n) is 5.47. The molecule has 0 radical (unpaired) electrons. The minimum absolute atomic E-state index is 0.130. The summed E-state index contributed by atoms with van der Waals surface area (Å²) >= 11 is 0. The van der Waals surface area contributed by atoms with E-state index in [1.54, 1.807) is 25.1 Å². The summed E-state index contributed by atoms with van der Waals surface area (Å²) in [7, 11) is 0.0683. The second-order valence-corrected chi connectivity index (χ2v) is 7.12. The second kappa shape index (κ2) is 5.58. The fourth-order valence-corrected chi connectivity index (χ4v) is 3.73. The first kappa shape index (κ1) is 15.4. The summed E-state index contributed by atoms with van der Waals surface area (Å²) in [5.41, 5.74) is 1.58. The number of sulfonamides is 1. The van der Waals surface area contributed by atoms with Crippen LogP contribution < -0.4 is 9.62 Å². The first-order valence-corrected chi connectivity index (χ1v) is 8.51. The van der Waals surface area contributed by atoms with Crippen molar-refractivity contribution >= 4 is 32.4 Å². The monoisotopic (exact) mass is 331 g/mol. The molecule has 6 nitrogen and oxygen atoms in total. The van der Waals surface area contributed by atoms with Crippen molar-refractivity contribution in [2.24, 2.45) is 0 Å². The van der Waals surface area contributed by atoms with Crippen LogP contribution in [0.1, 0.15) is 5.56 Å². The lowest BCUT2D eigenvalue weighted by atomic mass is 10.1. The Labute approximate surface area is 134 Å². The summed E-state index contributed by atoms with van der Waals surface area (Å²) < 4.78 is 32.9. The SMILES string of the molecule is Cc1cnoc1NS(=O)(=O)c1cccc2c(N(C)C)cccc12. The number of fused-ring (bicyclic) bond motifs is 1. The smallest absolute Gasteiger partial charge is 0.264 e. The van der Waals surface area contributed by atoms with E-state index in [0.29, 0.717) is 10.9 Å². The summed E-state index contributed by atoms with van der Waals surface area (Å²) in [4.78, 5) is 2.15. The Morgan fingerprint density at radius 1 is 1.09 bits per heavy atom. The van der Waals surface area contributed by atoms with Crippen LogP contribution in [0.15, 0.2) is 52.0 Å². The predicted molar refractivity (Wildman–Crippen MR) is 90.3 cm³/mol. The van der Waals surface area contributed by atoms with Crippen LogP contribution in [0.2, 0.25) is 0 Å². The minimum atomic E-state index is -3.78. The zero-order chi connectivity index (χ0) is 16.6. The fourth-order valence-electron chi connectivity index (χ4n) is 2.45. The Morgan fingerprint density at radius 2 is 1.78 bits per heavy atom. The molecule has 3 aromatic rings. The summed E-state index contributed by atoms with van der Waals surface area (Å²) in [6.45, 7) is 1.72. The van der Waals surface area contributed by atoms with E-state index in [1.165, 1.54) is 6.20 Å². The molecule has 0 spiro atoms. The minimum Gasteiger partial charge on any atom is -0.377 e. The lowest BCUT2D eigenvalue weighted by Crippen LogP contribution is -2.14. The molecule has 0 saturated carbocycles.